The van der Waals surface area contributed by atoms with E-state index < -0.39 is 0 Å². The minimum absolute atomic E-state index is 0. The molecule has 1 aliphatic heterocycles. The molecule has 1 aromatic heterocycles. The van der Waals surface area contributed by atoms with Crippen LogP contribution < -0.4 is 11.1 Å². The fourth-order valence-electron chi connectivity index (χ4n) is 3.46. The van der Waals surface area contributed by atoms with E-state index in [4.69, 9.17) is 5.73 Å². The van der Waals surface area contributed by atoms with Gasteiger partial charge in [-0.25, -0.2) is 4.98 Å². The molecule has 0 bridgehead atoms. The van der Waals surface area contributed by atoms with Crippen molar-refractivity contribution >= 4 is 46.9 Å². The summed E-state index contributed by atoms with van der Waals surface area (Å²) in [6, 6.07) is 8.04. The summed E-state index contributed by atoms with van der Waals surface area (Å²) in [6.45, 7) is 2.54. The molecule has 1 aliphatic rings. The highest BCUT2D eigenvalue weighted by atomic mass is 127. The van der Waals surface area contributed by atoms with Crippen LogP contribution in [0.5, 0.6) is 0 Å². The zero-order chi connectivity index (χ0) is 17.6. The summed E-state index contributed by atoms with van der Waals surface area (Å²) in [4.78, 5) is 25.7. The van der Waals surface area contributed by atoms with Gasteiger partial charge in [0.15, 0.2) is 5.96 Å². The molecule has 8 heteroatoms. The van der Waals surface area contributed by atoms with E-state index in [9.17, 15) is 4.79 Å². The second-order valence-corrected chi connectivity index (χ2v) is 6.55. The number of benzene rings is 1. The second kappa shape index (κ2) is 9.75. The average Bonchev–Trinajstić information content (AvgIpc) is 3.01. The predicted molar refractivity (Wildman–Crippen MR) is 115 cm³/mol. The zero-order valence-corrected chi connectivity index (χ0v) is 17.4. The first-order chi connectivity index (χ1) is 12.2. The minimum atomic E-state index is -0.223. The number of guanidine groups is 1. The number of imidazole rings is 1. The molecule has 1 unspecified atom stereocenters. The Kier molecular flexibility index (Phi) is 7.67. The van der Waals surface area contributed by atoms with E-state index in [1.807, 2.05) is 24.3 Å². The summed E-state index contributed by atoms with van der Waals surface area (Å²) < 4.78 is 0. The lowest BCUT2D eigenvalue weighted by Crippen LogP contribution is -2.47. The Hall–Kier alpha value is -1.84. The number of aromatic nitrogens is 2. The van der Waals surface area contributed by atoms with Crippen molar-refractivity contribution in [2.24, 2.45) is 16.6 Å². The van der Waals surface area contributed by atoms with Crippen LogP contribution in [0.1, 0.15) is 25.1 Å². The van der Waals surface area contributed by atoms with Crippen molar-refractivity contribution in [2.45, 2.75) is 25.7 Å². The standard InChI is InChI=1S/C18H26N6O.HI/c1-20-18(24-10-4-5-13(12-24)11-16(19)25)21-9-8-17-22-14-6-2-3-7-15(14)23-17;/h2-3,6-7,13H,4-5,8-12H2,1H3,(H2,19,25)(H,20,21)(H,22,23);1H. The summed E-state index contributed by atoms with van der Waals surface area (Å²) in [5.74, 6) is 1.94. The van der Waals surface area contributed by atoms with E-state index in [-0.39, 0.29) is 29.9 Å². The summed E-state index contributed by atoms with van der Waals surface area (Å²) >= 11 is 0. The molecular weight excluding hydrogens is 443 g/mol. The number of fused-ring (bicyclic) bond motifs is 1. The summed E-state index contributed by atoms with van der Waals surface area (Å²) in [5.41, 5.74) is 7.40. The van der Waals surface area contributed by atoms with Crippen molar-refractivity contribution in [2.75, 3.05) is 26.7 Å². The van der Waals surface area contributed by atoms with Crippen LogP contribution in [0.4, 0.5) is 0 Å². The van der Waals surface area contributed by atoms with Gasteiger partial charge in [-0.2, -0.15) is 0 Å². The lowest BCUT2D eigenvalue weighted by atomic mass is 9.95. The molecule has 1 aromatic carbocycles. The van der Waals surface area contributed by atoms with Crippen LogP contribution in [0, 0.1) is 5.92 Å². The number of para-hydroxylation sites is 2. The Morgan fingerprint density at radius 3 is 3.00 bits per heavy atom. The van der Waals surface area contributed by atoms with E-state index in [0.717, 1.165) is 61.7 Å². The monoisotopic (exact) mass is 470 g/mol. The molecule has 4 N–H and O–H groups in total. The Labute approximate surface area is 170 Å². The smallest absolute Gasteiger partial charge is 0.217 e. The molecule has 0 saturated carbocycles. The number of halogens is 1. The van der Waals surface area contributed by atoms with Crippen LogP contribution in [0.3, 0.4) is 0 Å². The number of piperidine rings is 1. The van der Waals surface area contributed by atoms with Gasteiger partial charge in [-0.3, -0.25) is 9.79 Å². The van der Waals surface area contributed by atoms with Crippen molar-refractivity contribution in [3.63, 3.8) is 0 Å². The number of likely N-dealkylation sites (tertiary alicyclic amines) is 1. The summed E-state index contributed by atoms with van der Waals surface area (Å²) in [5, 5.41) is 3.41. The van der Waals surface area contributed by atoms with Crippen LogP contribution in [0.15, 0.2) is 29.3 Å². The number of aliphatic imine (C=N–C) groups is 1. The van der Waals surface area contributed by atoms with Crippen molar-refractivity contribution in [3.8, 4) is 0 Å². The lowest BCUT2D eigenvalue weighted by Gasteiger charge is -2.34. The normalized spacial score (nSPS) is 17.8. The number of H-pyrrole nitrogens is 1. The molecule has 1 fully saturated rings. The van der Waals surface area contributed by atoms with E-state index in [1.54, 1.807) is 7.05 Å². The van der Waals surface area contributed by atoms with Gasteiger partial charge in [0.25, 0.3) is 0 Å². The number of carbonyl (C=O) groups is 1. The first kappa shape index (κ1) is 20.5. The molecular formula is C18H27IN6O. The quantitative estimate of drug-likeness (QED) is 0.353. The fourth-order valence-corrected chi connectivity index (χ4v) is 3.46. The SMILES string of the molecule is CN=C(NCCc1nc2ccccc2[nH]1)N1CCCC(CC(N)=O)C1.I. The summed E-state index contributed by atoms with van der Waals surface area (Å²) in [6.07, 6.45) is 3.36. The molecule has 1 amide bonds. The summed E-state index contributed by atoms with van der Waals surface area (Å²) in [7, 11) is 1.79. The number of nitrogens with zero attached hydrogens (tertiary/aromatic N) is 3. The van der Waals surface area contributed by atoms with Gasteiger partial charge in [0.1, 0.15) is 5.82 Å². The Balaban J connectivity index is 0.00000243. The molecule has 0 radical (unpaired) electrons. The van der Waals surface area contributed by atoms with Crippen molar-refractivity contribution in [3.05, 3.63) is 30.1 Å². The van der Waals surface area contributed by atoms with E-state index in [0.29, 0.717) is 12.3 Å². The maximum atomic E-state index is 11.2. The van der Waals surface area contributed by atoms with Crippen LogP contribution >= 0.6 is 24.0 Å². The van der Waals surface area contributed by atoms with Gasteiger partial charge < -0.3 is 20.9 Å². The molecule has 2 heterocycles. The number of aromatic amines is 1. The Bertz CT molecular complexity index is 726. The van der Waals surface area contributed by atoms with Gasteiger partial charge in [0.2, 0.25) is 5.91 Å². The molecule has 1 saturated heterocycles. The number of nitrogens with one attached hydrogen (secondary N) is 2. The van der Waals surface area contributed by atoms with Gasteiger partial charge in [-0.05, 0) is 30.9 Å². The Morgan fingerprint density at radius 2 is 2.27 bits per heavy atom. The van der Waals surface area contributed by atoms with E-state index in [1.165, 1.54) is 0 Å². The predicted octanol–water partition coefficient (Wildman–Crippen LogP) is 1.89. The first-order valence-corrected chi connectivity index (χ1v) is 8.83. The third-order valence-electron chi connectivity index (χ3n) is 4.60. The fraction of sp³-hybridized carbons (Fsp3) is 0.500. The van der Waals surface area contributed by atoms with E-state index >= 15 is 0 Å². The first-order valence-electron chi connectivity index (χ1n) is 8.83. The molecule has 142 valence electrons. The molecule has 0 spiro atoms. The van der Waals surface area contributed by atoms with Gasteiger partial charge in [-0.15, -0.1) is 24.0 Å². The van der Waals surface area contributed by atoms with Crippen LogP contribution in [-0.2, 0) is 11.2 Å². The zero-order valence-electron chi connectivity index (χ0n) is 15.1. The van der Waals surface area contributed by atoms with Gasteiger partial charge in [-0.1, -0.05) is 12.1 Å². The third-order valence-corrected chi connectivity index (χ3v) is 4.60. The van der Waals surface area contributed by atoms with Crippen molar-refractivity contribution in [1.29, 1.82) is 0 Å². The number of nitrogens with two attached hydrogens (primary N) is 1. The maximum absolute atomic E-state index is 11.2. The number of hydrogen-bond donors (Lipinski definition) is 3. The largest absolute Gasteiger partial charge is 0.370 e. The topological polar surface area (TPSA) is 99.4 Å². The molecule has 7 nitrogen and oxygen atoms in total. The highest BCUT2D eigenvalue weighted by molar-refractivity contribution is 14.0. The van der Waals surface area contributed by atoms with E-state index in [2.05, 4.69) is 25.2 Å². The molecule has 1 atom stereocenters. The molecule has 2 aromatic rings. The van der Waals surface area contributed by atoms with Gasteiger partial charge in [0.05, 0.1) is 11.0 Å². The molecule has 26 heavy (non-hydrogen) atoms. The molecule has 3 rings (SSSR count). The van der Waals surface area contributed by atoms with Crippen molar-refractivity contribution < 1.29 is 4.79 Å². The number of amides is 1. The second-order valence-electron chi connectivity index (χ2n) is 6.55. The average molecular weight is 470 g/mol. The van der Waals surface area contributed by atoms with Gasteiger partial charge in [0, 0.05) is 39.5 Å². The third kappa shape index (κ3) is 5.33. The molecule has 0 aliphatic carbocycles. The number of primary amides is 1. The number of carbonyl (C=O) groups excluding carboxylic acids is 1. The van der Waals surface area contributed by atoms with Gasteiger partial charge >= 0.3 is 0 Å². The number of rotatable bonds is 5. The number of hydrogen-bond acceptors (Lipinski definition) is 3. The lowest BCUT2D eigenvalue weighted by molar-refractivity contribution is -0.119. The Morgan fingerprint density at radius 1 is 1.46 bits per heavy atom. The minimum Gasteiger partial charge on any atom is -0.370 e. The maximum Gasteiger partial charge on any atom is 0.217 e. The highest BCUT2D eigenvalue weighted by Gasteiger charge is 2.23. The van der Waals surface area contributed by atoms with Crippen LogP contribution in [-0.4, -0.2) is 53.4 Å². The highest BCUT2D eigenvalue weighted by Crippen LogP contribution is 2.19. The van der Waals surface area contributed by atoms with Crippen LogP contribution in [0.25, 0.3) is 11.0 Å². The van der Waals surface area contributed by atoms with Crippen LogP contribution in [0.2, 0.25) is 0 Å². The van der Waals surface area contributed by atoms with Crippen molar-refractivity contribution in [1.82, 2.24) is 20.2 Å².